The van der Waals surface area contributed by atoms with E-state index in [1.165, 1.54) is 6.07 Å². The van der Waals surface area contributed by atoms with Crippen LogP contribution in [0.2, 0.25) is 0 Å². The van der Waals surface area contributed by atoms with Crippen molar-refractivity contribution in [1.29, 1.82) is 0 Å². The van der Waals surface area contributed by atoms with Crippen molar-refractivity contribution in [3.05, 3.63) is 53.8 Å². The zero-order valence-electron chi connectivity index (χ0n) is 14.5. The van der Waals surface area contributed by atoms with Crippen molar-refractivity contribution in [2.75, 3.05) is 43.5 Å². The average molecular weight is 359 g/mol. The number of nitrogens with zero attached hydrogens (tertiary/aromatic N) is 2. The van der Waals surface area contributed by atoms with Gasteiger partial charge in [0.25, 0.3) is 0 Å². The molecule has 3 rings (SSSR count). The molecule has 2 aromatic carbocycles. The lowest BCUT2D eigenvalue weighted by molar-refractivity contribution is 0.382. The molecule has 0 bridgehead atoms. The van der Waals surface area contributed by atoms with Crippen LogP contribution in [0, 0.1) is 12.7 Å². The Bertz CT molecular complexity index is 760. The zero-order chi connectivity index (χ0) is 17.8. The Balaban J connectivity index is 1.60. The SMILES string of the molecule is COc1ccccc1N1CCN(C(=S)Nc2ccc(C)c(F)c2)CC1. The van der Waals surface area contributed by atoms with Crippen LogP contribution in [-0.4, -0.2) is 43.3 Å². The molecule has 1 N–H and O–H groups in total. The molecular weight excluding hydrogens is 337 g/mol. The van der Waals surface area contributed by atoms with Gasteiger partial charge in [0.15, 0.2) is 5.11 Å². The summed E-state index contributed by atoms with van der Waals surface area (Å²) in [6.45, 7) is 5.06. The first kappa shape index (κ1) is 17.5. The summed E-state index contributed by atoms with van der Waals surface area (Å²) in [7, 11) is 1.69. The van der Waals surface area contributed by atoms with Gasteiger partial charge in [-0.2, -0.15) is 0 Å². The topological polar surface area (TPSA) is 27.7 Å². The number of rotatable bonds is 3. The molecule has 0 amide bonds. The van der Waals surface area contributed by atoms with Gasteiger partial charge in [0.05, 0.1) is 12.8 Å². The molecule has 0 unspecified atom stereocenters. The standard InChI is InChI=1S/C19H22FN3OS/c1-14-7-8-15(13-16(14)20)21-19(25)23-11-9-22(10-12-23)17-5-3-4-6-18(17)24-2/h3-8,13H,9-12H2,1-2H3,(H,21,25). The van der Waals surface area contributed by atoms with E-state index in [1.54, 1.807) is 20.1 Å². The fourth-order valence-electron chi connectivity index (χ4n) is 2.91. The number of piperazine rings is 1. The second-order valence-electron chi connectivity index (χ2n) is 6.04. The van der Waals surface area contributed by atoms with Crippen molar-refractivity contribution in [3.63, 3.8) is 0 Å². The van der Waals surface area contributed by atoms with Crippen LogP contribution in [0.3, 0.4) is 0 Å². The van der Waals surface area contributed by atoms with Crippen LogP contribution in [0.4, 0.5) is 15.8 Å². The Hall–Kier alpha value is -2.34. The molecule has 6 heteroatoms. The number of thiocarbonyl (C=S) groups is 1. The first-order chi connectivity index (χ1) is 12.1. The highest BCUT2D eigenvalue weighted by molar-refractivity contribution is 7.80. The van der Waals surface area contributed by atoms with Crippen LogP contribution in [0.25, 0.3) is 0 Å². The van der Waals surface area contributed by atoms with Gasteiger partial charge < -0.3 is 19.9 Å². The van der Waals surface area contributed by atoms with Crippen LogP contribution in [0.15, 0.2) is 42.5 Å². The van der Waals surface area contributed by atoms with E-state index in [2.05, 4.69) is 21.2 Å². The maximum Gasteiger partial charge on any atom is 0.173 e. The summed E-state index contributed by atoms with van der Waals surface area (Å²) < 4.78 is 19.1. The molecule has 0 aliphatic carbocycles. The fourth-order valence-corrected chi connectivity index (χ4v) is 3.22. The van der Waals surface area contributed by atoms with Gasteiger partial charge in [-0.3, -0.25) is 0 Å². The summed E-state index contributed by atoms with van der Waals surface area (Å²) in [5, 5.41) is 3.76. The summed E-state index contributed by atoms with van der Waals surface area (Å²) >= 11 is 5.49. The number of halogens is 1. The molecule has 4 nitrogen and oxygen atoms in total. The third kappa shape index (κ3) is 4.02. The maximum atomic E-state index is 13.7. The van der Waals surface area contributed by atoms with E-state index >= 15 is 0 Å². The van der Waals surface area contributed by atoms with Crippen LogP contribution in [0.5, 0.6) is 5.75 Å². The van der Waals surface area contributed by atoms with Crippen LogP contribution in [0.1, 0.15) is 5.56 Å². The van der Waals surface area contributed by atoms with Gasteiger partial charge in [0.2, 0.25) is 0 Å². The second-order valence-corrected chi connectivity index (χ2v) is 6.43. The molecule has 25 heavy (non-hydrogen) atoms. The molecule has 2 aromatic rings. The van der Waals surface area contributed by atoms with Crippen LogP contribution in [-0.2, 0) is 0 Å². The number of aryl methyl sites for hydroxylation is 1. The van der Waals surface area contributed by atoms with Crippen molar-refractivity contribution in [1.82, 2.24) is 4.90 Å². The second kappa shape index (κ2) is 7.70. The van der Waals surface area contributed by atoms with E-state index in [4.69, 9.17) is 17.0 Å². The van der Waals surface area contributed by atoms with Crippen LogP contribution < -0.4 is 15.0 Å². The molecule has 1 fully saturated rings. The molecular formula is C19H22FN3OS. The monoisotopic (exact) mass is 359 g/mol. The summed E-state index contributed by atoms with van der Waals surface area (Å²) in [6.07, 6.45) is 0. The molecule has 132 valence electrons. The Kier molecular flexibility index (Phi) is 5.38. The predicted molar refractivity (Wildman–Crippen MR) is 104 cm³/mol. The minimum Gasteiger partial charge on any atom is -0.495 e. The summed E-state index contributed by atoms with van der Waals surface area (Å²) in [5.41, 5.74) is 2.41. The summed E-state index contributed by atoms with van der Waals surface area (Å²) in [6, 6.07) is 13.1. The molecule has 1 aliphatic rings. The number of benzene rings is 2. The Labute approximate surface area is 153 Å². The van der Waals surface area contributed by atoms with Crippen molar-refractivity contribution < 1.29 is 9.13 Å². The van der Waals surface area contributed by atoms with E-state index < -0.39 is 0 Å². The van der Waals surface area contributed by atoms with Gasteiger partial charge in [-0.15, -0.1) is 0 Å². The maximum absolute atomic E-state index is 13.7. The predicted octanol–water partition coefficient (Wildman–Crippen LogP) is 3.66. The smallest absolute Gasteiger partial charge is 0.173 e. The minimum atomic E-state index is -0.228. The number of anilines is 2. The molecule has 0 atom stereocenters. The number of nitrogens with one attached hydrogen (secondary N) is 1. The fraction of sp³-hybridized carbons (Fsp3) is 0.316. The van der Waals surface area contributed by atoms with Crippen molar-refractivity contribution in [3.8, 4) is 5.75 Å². The molecule has 0 saturated carbocycles. The van der Waals surface area contributed by atoms with E-state index in [-0.39, 0.29) is 5.82 Å². The Morgan fingerprint density at radius 3 is 2.52 bits per heavy atom. The number of hydrogen-bond donors (Lipinski definition) is 1. The number of hydrogen-bond acceptors (Lipinski definition) is 3. The number of para-hydroxylation sites is 2. The number of methoxy groups -OCH3 is 1. The summed E-state index contributed by atoms with van der Waals surface area (Å²) in [4.78, 5) is 4.41. The van der Waals surface area contributed by atoms with Gasteiger partial charge in [0.1, 0.15) is 11.6 Å². The van der Waals surface area contributed by atoms with Gasteiger partial charge in [-0.25, -0.2) is 4.39 Å². The van der Waals surface area contributed by atoms with E-state index in [1.807, 2.05) is 24.3 Å². The molecule has 0 radical (unpaired) electrons. The van der Waals surface area contributed by atoms with Gasteiger partial charge in [-0.1, -0.05) is 18.2 Å². The van der Waals surface area contributed by atoms with E-state index in [9.17, 15) is 4.39 Å². The lowest BCUT2D eigenvalue weighted by Gasteiger charge is -2.37. The molecule has 0 aromatic heterocycles. The summed E-state index contributed by atoms with van der Waals surface area (Å²) in [5.74, 6) is 0.653. The third-order valence-electron chi connectivity index (χ3n) is 4.42. The molecule has 1 heterocycles. The third-order valence-corrected chi connectivity index (χ3v) is 4.78. The molecule has 1 saturated heterocycles. The number of ether oxygens (including phenoxy) is 1. The van der Waals surface area contributed by atoms with E-state index in [0.717, 1.165) is 37.6 Å². The van der Waals surface area contributed by atoms with Gasteiger partial charge >= 0.3 is 0 Å². The minimum absolute atomic E-state index is 0.228. The van der Waals surface area contributed by atoms with Crippen molar-refractivity contribution >= 4 is 28.7 Å². The Morgan fingerprint density at radius 1 is 1.12 bits per heavy atom. The van der Waals surface area contributed by atoms with E-state index in [0.29, 0.717) is 16.4 Å². The Morgan fingerprint density at radius 2 is 1.84 bits per heavy atom. The quantitative estimate of drug-likeness (QED) is 0.845. The lowest BCUT2D eigenvalue weighted by atomic mass is 10.2. The first-order valence-corrected chi connectivity index (χ1v) is 8.69. The largest absolute Gasteiger partial charge is 0.495 e. The van der Waals surface area contributed by atoms with Crippen LogP contribution >= 0.6 is 12.2 Å². The molecule has 1 aliphatic heterocycles. The van der Waals surface area contributed by atoms with Gasteiger partial charge in [-0.05, 0) is 49.0 Å². The first-order valence-electron chi connectivity index (χ1n) is 8.28. The van der Waals surface area contributed by atoms with Gasteiger partial charge in [0, 0.05) is 31.9 Å². The molecule has 0 spiro atoms. The average Bonchev–Trinajstić information content (AvgIpc) is 2.65. The normalized spacial score (nSPS) is 14.4. The van der Waals surface area contributed by atoms with Crippen molar-refractivity contribution in [2.45, 2.75) is 6.92 Å². The zero-order valence-corrected chi connectivity index (χ0v) is 15.3. The lowest BCUT2D eigenvalue weighted by Crippen LogP contribution is -2.50. The van der Waals surface area contributed by atoms with Crippen molar-refractivity contribution in [2.24, 2.45) is 0 Å². The highest BCUT2D eigenvalue weighted by Crippen LogP contribution is 2.28. The highest BCUT2D eigenvalue weighted by Gasteiger charge is 2.21. The highest BCUT2D eigenvalue weighted by atomic mass is 32.1.